The summed E-state index contributed by atoms with van der Waals surface area (Å²) in [6.07, 6.45) is 1.96. The zero-order valence-corrected chi connectivity index (χ0v) is 15.1. The molecule has 0 aliphatic carbocycles. The topological polar surface area (TPSA) is 30.7 Å². The SMILES string of the molecule is Cc1ccc(Cn2nc(-c3ccccc3)c3cnc4ccccc4c32)cc1. The number of para-hydroxylation sites is 1. The Morgan fingerprint density at radius 2 is 1.52 bits per heavy atom. The maximum Gasteiger partial charge on any atom is 0.102 e. The molecule has 3 nitrogen and oxygen atoms in total. The van der Waals surface area contributed by atoms with Gasteiger partial charge in [-0.25, -0.2) is 0 Å². The van der Waals surface area contributed by atoms with Crippen molar-refractivity contribution in [2.45, 2.75) is 13.5 Å². The molecule has 0 aliphatic rings. The number of hydrogen-bond acceptors (Lipinski definition) is 2. The van der Waals surface area contributed by atoms with Gasteiger partial charge in [-0.05, 0) is 18.6 Å². The lowest BCUT2D eigenvalue weighted by molar-refractivity contribution is 0.716. The Balaban J connectivity index is 1.77. The van der Waals surface area contributed by atoms with E-state index >= 15 is 0 Å². The molecule has 5 aromatic rings. The predicted molar refractivity (Wildman–Crippen MR) is 111 cm³/mol. The first kappa shape index (κ1) is 15.8. The summed E-state index contributed by atoms with van der Waals surface area (Å²) in [5, 5.41) is 7.23. The molecule has 0 atom stereocenters. The van der Waals surface area contributed by atoms with Crippen molar-refractivity contribution in [3.8, 4) is 11.3 Å². The van der Waals surface area contributed by atoms with E-state index in [2.05, 4.69) is 83.3 Å². The number of rotatable bonds is 3. The fraction of sp³-hybridized carbons (Fsp3) is 0.0833. The predicted octanol–water partition coefficient (Wildman–Crippen LogP) is 5.61. The Morgan fingerprint density at radius 1 is 0.778 bits per heavy atom. The van der Waals surface area contributed by atoms with Crippen molar-refractivity contribution in [2.75, 3.05) is 0 Å². The minimum Gasteiger partial charge on any atom is -0.259 e. The smallest absolute Gasteiger partial charge is 0.102 e. The quantitative estimate of drug-likeness (QED) is 0.424. The molecule has 0 saturated carbocycles. The first-order valence-electron chi connectivity index (χ1n) is 9.15. The van der Waals surface area contributed by atoms with Gasteiger partial charge >= 0.3 is 0 Å². The highest BCUT2D eigenvalue weighted by Gasteiger charge is 2.15. The molecule has 0 aliphatic heterocycles. The molecule has 0 radical (unpaired) electrons. The van der Waals surface area contributed by atoms with E-state index in [9.17, 15) is 0 Å². The van der Waals surface area contributed by atoms with Gasteiger partial charge in [0.1, 0.15) is 5.69 Å². The van der Waals surface area contributed by atoms with Crippen LogP contribution in [0.3, 0.4) is 0 Å². The average Bonchev–Trinajstić information content (AvgIpc) is 3.09. The van der Waals surface area contributed by atoms with Crippen molar-refractivity contribution in [3.63, 3.8) is 0 Å². The van der Waals surface area contributed by atoms with Crippen molar-refractivity contribution in [1.82, 2.24) is 14.8 Å². The van der Waals surface area contributed by atoms with Crippen molar-refractivity contribution >= 4 is 21.8 Å². The highest BCUT2D eigenvalue weighted by atomic mass is 15.3. The van der Waals surface area contributed by atoms with Crippen molar-refractivity contribution in [1.29, 1.82) is 0 Å². The zero-order valence-electron chi connectivity index (χ0n) is 15.1. The molecule has 2 heterocycles. The molecule has 0 saturated heterocycles. The third kappa shape index (κ3) is 2.77. The number of pyridine rings is 1. The second kappa shape index (κ2) is 6.36. The lowest BCUT2D eigenvalue weighted by atomic mass is 10.1. The van der Waals surface area contributed by atoms with Gasteiger partial charge in [-0.3, -0.25) is 9.67 Å². The van der Waals surface area contributed by atoms with Gasteiger partial charge < -0.3 is 0 Å². The van der Waals surface area contributed by atoms with Crippen LogP contribution in [0.4, 0.5) is 0 Å². The molecule has 27 heavy (non-hydrogen) atoms. The fourth-order valence-electron chi connectivity index (χ4n) is 3.59. The van der Waals surface area contributed by atoms with Crippen LogP contribution < -0.4 is 0 Å². The van der Waals surface area contributed by atoms with Gasteiger partial charge in [-0.1, -0.05) is 78.4 Å². The normalized spacial score (nSPS) is 11.3. The highest BCUT2D eigenvalue weighted by Crippen LogP contribution is 2.32. The van der Waals surface area contributed by atoms with E-state index in [0.717, 1.165) is 39.6 Å². The number of aromatic nitrogens is 3. The van der Waals surface area contributed by atoms with Crippen LogP contribution in [-0.4, -0.2) is 14.8 Å². The Morgan fingerprint density at radius 3 is 2.33 bits per heavy atom. The molecule has 2 aromatic heterocycles. The van der Waals surface area contributed by atoms with Gasteiger partial charge in [0.25, 0.3) is 0 Å². The van der Waals surface area contributed by atoms with Gasteiger partial charge in [0.05, 0.1) is 17.6 Å². The summed E-state index contributed by atoms with van der Waals surface area (Å²) in [5.41, 5.74) is 6.74. The molecule has 3 aromatic carbocycles. The minimum atomic E-state index is 0.734. The molecule has 0 amide bonds. The van der Waals surface area contributed by atoms with E-state index in [0.29, 0.717) is 0 Å². The maximum atomic E-state index is 5.00. The van der Waals surface area contributed by atoms with E-state index in [1.54, 1.807) is 0 Å². The molecular formula is C24H19N3. The molecule has 3 heteroatoms. The number of hydrogen-bond donors (Lipinski definition) is 0. The Hall–Kier alpha value is -3.46. The van der Waals surface area contributed by atoms with Crippen molar-refractivity contribution < 1.29 is 0 Å². The molecule has 5 rings (SSSR count). The summed E-state index contributed by atoms with van der Waals surface area (Å²) in [5.74, 6) is 0. The summed E-state index contributed by atoms with van der Waals surface area (Å²) < 4.78 is 2.12. The minimum absolute atomic E-state index is 0.734. The molecule has 130 valence electrons. The van der Waals surface area contributed by atoms with Crippen LogP contribution in [0.5, 0.6) is 0 Å². The van der Waals surface area contributed by atoms with Crippen LogP contribution >= 0.6 is 0 Å². The van der Waals surface area contributed by atoms with E-state index in [-0.39, 0.29) is 0 Å². The Bertz CT molecular complexity index is 1240. The third-order valence-corrected chi connectivity index (χ3v) is 4.98. The number of aryl methyl sites for hydroxylation is 1. The van der Waals surface area contributed by atoms with E-state index < -0.39 is 0 Å². The van der Waals surface area contributed by atoms with Gasteiger partial charge in [0.2, 0.25) is 0 Å². The van der Waals surface area contributed by atoms with Crippen molar-refractivity contribution in [3.05, 3.63) is 96.2 Å². The molecule has 0 fully saturated rings. The van der Waals surface area contributed by atoms with E-state index in [4.69, 9.17) is 5.10 Å². The van der Waals surface area contributed by atoms with Crippen LogP contribution in [0.25, 0.3) is 33.1 Å². The summed E-state index contributed by atoms with van der Waals surface area (Å²) in [6, 6.07) is 27.3. The molecule has 0 spiro atoms. The summed E-state index contributed by atoms with van der Waals surface area (Å²) in [7, 11) is 0. The number of nitrogens with zero attached hydrogens (tertiary/aromatic N) is 3. The van der Waals surface area contributed by atoms with Crippen LogP contribution in [0, 0.1) is 6.92 Å². The molecule has 0 N–H and O–H groups in total. The first-order valence-corrected chi connectivity index (χ1v) is 9.15. The summed E-state index contributed by atoms with van der Waals surface area (Å²) >= 11 is 0. The van der Waals surface area contributed by atoms with Gasteiger partial charge in [0, 0.05) is 22.5 Å². The van der Waals surface area contributed by atoms with Crippen LogP contribution in [-0.2, 0) is 6.54 Å². The zero-order chi connectivity index (χ0) is 18.2. The second-order valence-corrected chi connectivity index (χ2v) is 6.90. The standard InChI is InChI=1S/C24H19N3/c1-17-11-13-18(14-12-17)16-27-24-20-9-5-6-10-22(20)25-15-21(24)23(26-27)19-7-3-2-4-8-19/h2-15H,16H2,1H3. The van der Waals surface area contributed by atoms with Gasteiger partial charge in [0.15, 0.2) is 0 Å². The van der Waals surface area contributed by atoms with Gasteiger partial charge in [-0.2, -0.15) is 5.10 Å². The van der Waals surface area contributed by atoms with Crippen LogP contribution in [0.15, 0.2) is 85.1 Å². The lowest BCUT2D eigenvalue weighted by Gasteiger charge is -2.06. The average molecular weight is 349 g/mol. The Kier molecular flexibility index (Phi) is 3.72. The fourth-order valence-corrected chi connectivity index (χ4v) is 3.59. The Labute approximate surface area is 157 Å². The molecule has 0 unspecified atom stereocenters. The summed E-state index contributed by atoms with van der Waals surface area (Å²) in [6.45, 7) is 2.84. The van der Waals surface area contributed by atoms with Crippen LogP contribution in [0.1, 0.15) is 11.1 Å². The summed E-state index contributed by atoms with van der Waals surface area (Å²) in [4.78, 5) is 4.67. The molecular weight excluding hydrogens is 330 g/mol. The largest absolute Gasteiger partial charge is 0.259 e. The number of benzene rings is 3. The van der Waals surface area contributed by atoms with E-state index in [1.807, 2.05) is 18.3 Å². The lowest BCUT2D eigenvalue weighted by Crippen LogP contribution is -2.02. The third-order valence-electron chi connectivity index (χ3n) is 4.98. The monoisotopic (exact) mass is 349 g/mol. The highest BCUT2D eigenvalue weighted by molar-refractivity contribution is 6.08. The first-order chi connectivity index (χ1) is 13.3. The second-order valence-electron chi connectivity index (χ2n) is 6.90. The maximum absolute atomic E-state index is 5.00. The van der Waals surface area contributed by atoms with Crippen LogP contribution in [0.2, 0.25) is 0 Å². The van der Waals surface area contributed by atoms with Crippen molar-refractivity contribution in [2.24, 2.45) is 0 Å². The number of fused-ring (bicyclic) bond motifs is 3. The molecule has 0 bridgehead atoms. The van der Waals surface area contributed by atoms with Gasteiger partial charge in [-0.15, -0.1) is 0 Å². The van der Waals surface area contributed by atoms with E-state index in [1.165, 1.54) is 11.1 Å².